The summed E-state index contributed by atoms with van der Waals surface area (Å²) in [5, 5.41) is 14.9. The van der Waals surface area contributed by atoms with Crippen molar-refractivity contribution in [3.63, 3.8) is 0 Å². The van der Waals surface area contributed by atoms with Crippen molar-refractivity contribution in [2.24, 2.45) is 5.92 Å². The van der Waals surface area contributed by atoms with Crippen molar-refractivity contribution in [3.8, 4) is 0 Å². The molecule has 0 aliphatic heterocycles. The van der Waals surface area contributed by atoms with Crippen molar-refractivity contribution >= 4 is 6.03 Å². The second kappa shape index (κ2) is 7.84. The summed E-state index contributed by atoms with van der Waals surface area (Å²) in [6.07, 6.45) is 5.61. The first-order chi connectivity index (χ1) is 10.2. The Bertz CT molecular complexity index is 473. The second-order valence-electron chi connectivity index (χ2n) is 5.67. The molecule has 0 saturated carbocycles. The van der Waals surface area contributed by atoms with Crippen molar-refractivity contribution in [3.05, 3.63) is 48.0 Å². The Labute approximate surface area is 126 Å². The standard InChI is InChI=1S/C17H24N2O2/c1-13(15-5-3-2-4-6-15)9-10-18-17(21)19-16-8-7-14(11-16)12-20/h2-8,13-14,16,20H,9-12H2,1H3,(H2,18,19,21)/t13-,14+,16-/m1/s1. The van der Waals surface area contributed by atoms with E-state index in [1.54, 1.807) is 0 Å². The van der Waals surface area contributed by atoms with Gasteiger partial charge in [0.05, 0.1) is 0 Å². The molecule has 1 aliphatic carbocycles. The largest absolute Gasteiger partial charge is 0.396 e. The maximum Gasteiger partial charge on any atom is 0.315 e. The Balaban J connectivity index is 1.65. The molecule has 0 heterocycles. The molecule has 2 rings (SSSR count). The highest BCUT2D eigenvalue weighted by Gasteiger charge is 2.19. The summed E-state index contributed by atoms with van der Waals surface area (Å²) in [6.45, 7) is 2.97. The smallest absolute Gasteiger partial charge is 0.315 e. The van der Waals surface area contributed by atoms with Gasteiger partial charge in [0.15, 0.2) is 0 Å². The Morgan fingerprint density at radius 1 is 1.33 bits per heavy atom. The third-order valence-electron chi connectivity index (χ3n) is 3.95. The van der Waals surface area contributed by atoms with Gasteiger partial charge in [-0.05, 0) is 24.3 Å². The average molecular weight is 288 g/mol. The summed E-state index contributed by atoms with van der Waals surface area (Å²) in [7, 11) is 0. The SMILES string of the molecule is C[C@H](CCNC(=O)N[C@@H]1C=C[C@H](CO)C1)c1ccccc1. The minimum Gasteiger partial charge on any atom is -0.396 e. The number of aliphatic hydroxyl groups excluding tert-OH is 1. The van der Waals surface area contributed by atoms with E-state index in [1.807, 2.05) is 30.4 Å². The van der Waals surface area contributed by atoms with Gasteiger partial charge in [0.1, 0.15) is 0 Å². The molecule has 1 aliphatic rings. The summed E-state index contributed by atoms with van der Waals surface area (Å²) in [4.78, 5) is 11.8. The quantitative estimate of drug-likeness (QED) is 0.704. The van der Waals surface area contributed by atoms with E-state index in [1.165, 1.54) is 5.56 Å². The van der Waals surface area contributed by atoms with E-state index in [0.29, 0.717) is 12.5 Å². The van der Waals surface area contributed by atoms with E-state index in [-0.39, 0.29) is 24.6 Å². The second-order valence-corrected chi connectivity index (χ2v) is 5.67. The molecule has 0 aromatic heterocycles. The number of nitrogens with one attached hydrogen (secondary N) is 2. The van der Waals surface area contributed by atoms with Gasteiger partial charge < -0.3 is 15.7 Å². The Morgan fingerprint density at radius 2 is 2.10 bits per heavy atom. The topological polar surface area (TPSA) is 61.4 Å². The zero-order chi connectivity index (χ0) is 15.1. The highest BCUT2D eigenvalue weighted by molar-refractivity contribution is 5.74. The molecule has 0 fully saturated rings. The number of amides is 2. The minimum absolute atomic E-state index is 0.0358. The summed E-state index contributed by atoms with van der Waals surface area (Å²) in [5.74, 6) is 0.602. The fraction of sp³-hybridized carbons (Fsp3) is 0.471. The molecule has 1 aromatic carbocycles. The van der Waals surface area contributed by atoms with E-state index in [2.05, 4.69) is 29.7 Å². The van der Waals surface area contributed by atoms with Crippen LogP contribution >= 0.6 is 0 Å². The Morgan fingerprint density at radius 3 is 2.76 bits per heavy atom. The van der Waals surface area contributed by atoms with E-state index in [0.717, 1.165) is 12.8 Å². The highest BCUT2D eigenvalue weighted by atomic mass is 16.3. The number of hydrogen-bond acceptors (Lipinski definition) is 2. The number of aliphatic hydroxyl groups is 1. The number of benzene rings is 1. The van der Waals surface area contributed by atoms with Crippen LogP contribution in [0.2, 0.25) is 0 Å². The van der Waals surface area contributed by atoms with Crippen LogP contribution in [-0.4, -0.2) is 30.3 Å². The van der Waals surface area contributed by atoms with Crippen LogP contribution < -0.4 is 10.6 Å². The minimum atomic E-state index is -0.136. The van der Waals surface area contributed by atoms with Gasteiger partial charge in [0.2, 0.25) is 0 Å². The van der Waals surface area contributed by atoms with Crippen LogP contribution in [0.15, 0.2) is 42.5 Å². The predicted octanol–water partition coefficient (Wildman–Crippen LogP) is 2.42. The molecule has 2 amide bonds. The van der Waals surface area contributed by atoms with Gasteiger partial charge >= 0.3 is 6.03 Å². The maximum absolute atomic E-state index is 11.8. The van der Waals surface area contributed by atoms with Crippen molar-refractivity contribution in [1.29, 1.82) is 0 Å². The molecule has 0 radical (unpaired) electrons. The molecule has 4 heteroatoms. The molecule has 4 nitrogen and oxygen atoms in total. The fourth-order valence-corrected chi connectivity index (χ4v) is 2.59. The van der Waals surface area contributed by atoms with Gasteiger partial charge in [-0.2, -0.15) is 0 Å². The monoisotopic (exact) mass is 288 g/mol. The molecule has 3 atom stereocenters. The summed E-state index contributed by atoms with van der Waals surface area (Å²) in [6, 6.07) is 10.2. The number of urea groups is 1. The lowest BCUT2D eigenvalue weighted by atomic mass is 9.98. The molecular weight excluding hydrogens is 264 g/mol. The maximum atomic E-state index is 11.8. The fourth-order valence-electron chi connectivity index (χ4n) is 2.59. The van der Waals surface area contributed by atoms with Crippen LogP contribution in [0.4, 0.5) is 4.79 Å². The van der Waals surface area contributed by atoms with Gasteiger partial charge in [0.25, 0.3) is 0 Å². The van der Waals surface area contributed by atoms with Crippen LogP contribution in [0, 0.1) is 5.92 Å². The van der Waals surface area contributed by atoms with Gasteiger partial charge in [-0.15, -0.1) is 0 Å². The predicted molar refractivity (Wildman–Crippen MR) is 84.1 cm³/mol. The molecule has 0 saturated heterocycles. The Hall–Kier alpha value is -1.81. The summed E-state index contributed by atoms with van der Waals surface area (Å²) < 4.78 is 0. The average Bonchev–Trinajstić information content (AvgIpc) is 2.95. The molecule has 1 aromatic rings. The van der Waals surface area contributed by atoms with E-state index in [9.17, 15) is 4.79 Å². The first-order valence-corrected chi connectivity index (χ1v) is 7.57. The number of carbonyl (C=O) groups is 1. The lowest BCUT2D eigenvalue weighted by molar-refractivity contribution is 0.231. The van der Waals surface area contributed by atoms with E-state index < -0.39 is 0 Å². The van der Waals surface area contributed by atoms with Gasteiger partial charge in [-0.1, -0.05) is 49.4 Å². The Kier molecular flexibility index (Phi) is 5.81. The molecular formula is C17H24N2O2. The first-order valence-electron chi connectivity index (χ1n) is 7.57. The van der Waals surface area contributed by atoms with Crippen LogP contribution in [-0.2, 0) is 0 Å². The number of rotatable bonds is 6. The lowest BCUT2D eigenvalue weighted by Crippen LogP contribution is -2.41. The van der Waals surface area contributed by atoms with Gasteiger partial charge in [-0.3, -0.25) is 0 Å². The highest BCUT2D eigenvalue weighted by Crippen LogP contribution is 2.18. The zero-order valence-electron chi connectivity index (χ0n) is 12.5. The molecule has 0 bridgehead atoms. The van der Waals surface area contributed by atoms with Crippen molar-refractivity contribution < 1.29 is 9.90 Å². The van der Waals surface area contributed by atoms with Crippen molar-refractivity contribution in [1.82, 2.24) is 10.6 Å². The van der Waals surface area contributed by atoms with Crippen LogP contribution in [0.1, 0.15) is 31.2 Å². The third-order valence-corrected chi connectivity index (χ3v) is 3.95. The molecule has 21 heavy (non-hydrogen) atoms. The van der Waals surface area contributed by atoms with Gasteiger partial charge in [-0.25, -0.2) is 4.79 Å². The summed E-state index contributed by atoms with van der Waals surface area (Å²) >= 11 is 0. The molecule has 0 unspecified atom stereocenters. The molecule has 3 N–H and O–H groups in total. The summed E-state index contributed by atoms with van der Waals surface area (Å²) in [5.41, 5.74) is 1.30. The van der Waals surface area contributed by atoms with Crippen LogP contribution in [0.25, 0.3) is 0 Å². The van der Waals surface area contributed by atoms with Crippen molar-refractivity contribution in [2.75, 3.05) is 13.2 Å². The zero-order valence-corrected chi connectivity index (χ0v) is 12.5. The van der Waals surface area contributed by atoms with Crippen LogP contribution in [0.3, 0.4) is 0 Å². The number of carbonyl (C=O) groups excluding carboxylic acids is 1. The van der Waals surface area contributed by atoms with Crippen LogP contribution in [0.5, 0.6) is 0 Å². The third kappa shape index (κ3) is 4.90. The first kappa shape index (κ1) is 15.6. The molecule has 0 spiro atoms. The van der Waals surface area contributed by atoms with Gasteiger partial charge in [0, 0.05) is 25.1 Å². The lowest BCUT2D eigenvalue weighted by Gasteiger charge is -2.15. The molecule has 114 valence electrons. The van der Waals surface area contributed by atoms with E-state index in [4.69, 9.17) is 5.11 Å². The van der Waals surface area contributed by atoms with Crippen molar-refractivity contribution in [2.45, 2.75) is 31.7 Å². The van der Waals surface area contributed by atoms with E-state index >= 15 is 0 Å². The normalized spacial score (nSPS) is 22.0. The number of hydrogen-bond donors (Lipinski definition) is 3.